The van der Waals surface area contributed by atoms with E-state index in [1.807, 2.05) is 0 Å². The van der Waals surface area contributed by atoms with Gasteiger partial charge in [-0.05, 0) is 90.5 Å². The molecule has 0 spiro atoms. The molecule has 1 nitrogen and oxygen atoms in total. The first kappa shape index (κ1) is 26.7. The van der Waals surface area contributed by atoms with Crippen LogP contribution in [0.2, 0.25) is 0 Å². The summed E-state index contributed by atoms with van der Waals surface area (Å²) < 4.78 is 0. The van der Waals surface area contributed by atoms with Crippen molar-refractivity contribution < 1.29 is 0 Å². The van der Waals surface area contributed by atoms with Crippen molar-refractivity contribution >= 4 is 49.4 Å². The molecule has 0 amide bonds. The van der Waals surface area contributed by atoms with Gasteiger partial charge in [0.25, 0.3) is 0 Å². The van der Waals surface area contributed by atoms with Gasteiger partial charge in [0, 0.05) is 22.4 Å². The number of fused-ring (bicyclic) bond motifs is 8. The van der Waals surface area contributed by atoms with E-state index >= 15 is 0 Å². The highest BCUT2D eigenvalue weighted by Crippen LogP contribution is 2.54. The fourth-order valence-corrected chi connectivity index (χ4v) is 7.73. The number of hydrogen-bond acceptors (Lipinski definition) is 1. The number of benzene rings is 8. The maximum Gasteiger partial charge on any atom is 0.0543 e. The lowest BCUT2D eigenvalue weighted by Gasteiger charge is -2.29. The quantitative estimate of drug-likeness (QED) is 0.185. The summed E-state index contributed by atoms with van der Waals surface area (Å²) in [5.74, 6) is 0. The Labute approximate surface area is 270 Å². The van der Waals surface area contributed by atoms with Crippen LogP contribution in [0.3, 0.4) is 0 Å². The molecule has 8 aromatic carbocycles. The minimum absolute atomic E-state index is 0.0780. The zero-order valence-corrected chi connectivity index (χ0v) is 26.0. The molecule has 0 aliphatic heterocycles. The van der Waals surface area contributed by atoms with Crippen LogP contribution in [0.25, 0.3) is 54.6 Å². The van der Waals surface area contributed by atoms with Crippen LogP contribution in [0.15, 0.2) is 164 Å². The van der Waals surface area contributed by atoms with E-state index in [4.69, 9.17) is 0 Å². The van der Waals surface area contributed by atoms with Crippen molar-refractivity contribution in [3.05, 3.63) is 175 Å². The SMILES string of the molecule is CC1(C)c2ccccc2-c2c(N(c3ccc(-c4ccccc4)cc3)c3ccc4ccc5c6ccccc6ccc5c4c3)cccc21. The third-order valence-electron chi connectivity index (χ3n) is 10.0. The molecule has 0 atom stereocenters. The van der Waals surface area contributed by atoms with Crippen LogP contribution in [0.5, 0.6) is 0 Å². The van der Waals surface area contributed by atoms with Gasteiger partial charge in [-0.25, -0.2) is 0 Å². The largest absolute Gasteiger partial charge is 0.310 e. The third kappa shape index (κ3) is 4.02. The fraction of sp³-hybridized carbons (Fsp3) is 0.0667. The number of nitrogens with zero attached hydrogens (tertiary/aromatic N) is 1. The second-order valence-corrected chi connectivity index (χ2v) is 13.0. The Morgan fingerprint density at radius 1 is 0.413 bits per heavy atom. The highest BCUT2D eigenvalue weighted by atomic mass is 15.1. The summed E-state index contributed by atoms with van der Waals surface area (Å²) in [7, 11) is 0. The van der Waals surface area contributed by atoms with Gasteiger partial charge in [0.05, 0.1) is 5.69 Å². The van der Waals surface area contributed by atoms with Crippen molar-refractivity contribution in [3.63, 3.8) is 0 Å². The minimum atomic E-state index is -0.0780. The molecule has 0 bridgehead atoms. The Bertz CT molecular complexity index is 2430. The van der Waals surface area contributed by atoms with E-state index in [-0.39, 0.29) is 5.41 Å². The molecule has 0 N–H and O–H groups in total. The molecule has 46 heavy (non-hydrogen) atoms. The van der Waals surface area contributed by atoms with Gasteiger partial charge in [0.2, 0.25) is 0 Å². The number of rotatable bonds is 4. The number of anilines is 3. The van der Waals surface area contributed by atoms with Crippen LogP contribution in [-0.2, 0) is 5.41 Å². The molecule has 1 aliphatic rings. The zero-order valence-electron chi connectivity index (χ0n) is 26.0. The predicted octanol–water partition coefficient (Wildman–Crippen LogP) is 12.6. The fourth-order valence-electron chi connectivity index (χ4n) is 7.73. The second-order valence-electron chi connectivity index (χ2n) is 13.0. The van der Waals surface area contributed by atoms with E-state index in [2.05, 4.69) is 183 Å². The van der Waals surface area contributed by atoms with Gasteiger partial charge in [-0.2, -0.15) is 0 Å². The van der Waals surface area contributed by atoms with E-state index < -0.39 is 0 Å². The molecule has 0 fully saturated rings. The van der Waals surface area contributed by atoms with Crippen LogP contribution in [0.1, 0.15) is 25.0 Å². The Kier molecular flexibility index (Phi) is 5.92. The normalized spacial score (nSPS) is 13.2. The van der Waals surface area contributed by atoms with E-state index in [0.717, 1.165) is 11.4 Å². The van der Waals surface area contributed by atoms with Crippen molar-refractivity contribution in [2.45, 2.75) is 19.3 Å². The van der Waals surface area contributed by atoms with Crippen LogP contribution in [0, 0.1) is 0 Å². The average molecular weight is 588 g/mol. The molecule has 0 saturated heterocycles. The van der Waals surface area contributed by atoms with Crippen molar-refractivity contribution in [2.75, 3.05) is 4.90 Å². The van der Waals surface area contributed by atoms with Gasteiger partial charge in [0.1, 0.15) is 0 Å². The molecule has 0 heterocycles. The van der Waals surface area contributed by atoms with Gasteiger partial charge in [-0.15, -0.1) is 0 Å². The Morgan fingerprint density at radius 3 is 1.85 bits per heavy atom. The van der Waals surface area contributed by atoms with Gasteiger partial charge < -0.3 is 4.90 Å². The van der Waals surface area contributed by atoms with Crippen LogP contribution in [-0.4, -0.2) is 0 Å². The lowest BCUT2D eigenvalue weighted by Crippen LogP contribution is -2.16. The molecule has 0 aromatic heterocycles. The molecule has 0 unspecified atom stereocenters. The summed E-state index contributed by atoms with van der Waals surface area (Å²) >= 11 is 0. The van der Waals surface area contributed by atoms with Gasteiger partial charge in [-0.3, -0.25) is 0 Å². The molecule has 1 heteroatoms. The lowest BCUT2D eigenvalue weighted by atomic mass is 9.82. The molecule has 1 aliphatic carbocycles. The van der Waals surface area contributed by atoms with Crippen LogP contribution < -0.4 is 4.90 Å². The monoisotopic (exact) mass is 587 g/mol. The van der Waals surface area contributed by atoms with E-state index in [9.17, 15) is 0 Å². The van der Waals surface area contributed by atoms with Gasteiger partial charge in [-0.1, -0.05) is 147 Å². The number of hydrogen-bond donors (Lipinski definition) is 0. The van der Waals surface area contributed by atoms with Crippen molar-refractivity contribution in [3.8, 4) is 22.3 Å². The molecule has 9 rings (SSSR count). The maximum absolute atomic E-state index is 2.46. The summed E-state index contributed by atoms with van der Waals surface area (Å²) in [6, 6.07) is 60.2. The average Bonchev–Trinajstić information content (AvgIpc) is 3.35. The second kappa shape index (κ2) is 10.2. The summed E-state index contributed by atoms with van der Waals surface area (Å²) in [6.07, 6.45) is 0. The van der Waals surface area contributed by atoms with Gasteiger partial charge in [0.15, 0.2) is 0 Å². The molecule has 0 radical (unpaired) electrons. The Morgan fingerprint density at radius 2 is 1.02 bits per heavy atom. The zero-order chi connectivity index (χ0) is 30.8. The van der Waals surface area contributed by atoms with Crippen molar-refractivity contribution in [2.24, 2.45) is 0 Å². The van der Waals surface area contributed by atoms with E-state index in [1.54, 1.807) is 0 Å². The first-order chi connectivity index (χ1) is 22.6. The Balaban J connectivity index is 1.30. The standard InChI is InChI=1S/C45H33N/c1-45(2)41-16-9-8-15-39(41)44-42(45)17-10-18-43(44)46(34-24-19-31(20-25-34)30-11-4-3-5-12-30)35-26-21-33-23-27-37-36-14-7-6-13-32(36)22-28-38(37)40(33)29-35/h3-29H,1-2H3. The molecule has 0 saturated carbocycles. The summed E-state index contributed by atoms with van der Waals surface area (Å²) in [5.41, 5.74) is 11.2. The molecular weight excluding hydrogens is 555 g/mol. The summed E-state index contributed by atoms with van der Waals surface area (Å²) in [6.45, 7) is 4.71. The highest BCUT2D eigenvalue weighted by molar-refractivity contribution is 6.18. The topological polar surface area (TPSA) is 3.24 Å². The summed E-state index contributed by atoms with van der Waals surface area (Å²) in [5, 5.41) is 7.64. The van der Waals surface area contributed by atoms with Crippen molar-refractivity contribution in [1.29, 1.82) is 0 Å². The third-order valence-corrected chi connectivity index (χ3v) is 10.0. The van der Waals surface area contributed by atoms with Crippen LogP contribution in [0.4, 0.5) is 17.1 Å². The molecule has 8 aromatic rings. The smallest absolute Gasteiger partial charge is 0.0543 e. The summed E-state index contributed by atoms with van der Waals surface area (Å²) in [4.78, 5) is 2.46. The lowest BCUT2D eigenvalue weighted by molar-refractivity contribution is 0.660. The predicted molar refractivity (Wildman–Crippen MR) is 197 cm³/mol. The molecule has 218 valence electrons. The first-order valence-electron chi connectivity index (χ1n) is 16.1. The van der Waals surface area contributed by atoms with E-state index in [1.165, 1.54) is 71.4 Å². The maximum atomic E-state index is 2.46. The van der Waals surface area contributed by atoms with E-state index in [0.29, 0.717) is 0 Å². The molecular formula is C45H33N. The minimum Gasteiger partial charge on any atom is -0.310 e. The van der Waals surface area contributed by atoms with Crippen molar-refractivity contribution in [1.82, 2.24) is 0 Å². The Hall–Kier alpha value is -5.66. The van der Waals surface area contributed by atoms with Gasteiger partial charge >= 0.3 is 0 Å². The highest BCUT2D eigenvalue weighted by Gasteiger charge is 2.37. The van der Waals surface area contributed by atoms with Crippen LogP contribution >= 0.6 is 0 Å². The first-order valence-corrected chi connectivity index (χ1v) is 16.1.